The van der Waals surface area contributed by atoms with Crippen LogP contribution in [0.1, 0.15) is 24.0 Å². The van der Waals surface area contributed by atoms with Gasteiger partial charge in [-0.3, -0.25) is 0 Å². The van der Waals surface area contributed by atoms with Gasteiger partial charge in [-0.25, -0.2) is 13.2 Å². The summed E-state index contributed by atoms with van der Waals surface area (Å²) in [5.41, 5.74) is 0.447. The minimum atomic E-state index is -0.667. The highest BCUT2D eigenvalue weighted by Crippen LogP contribution is 2.51. The number of allylic oxidation sites excluding steroid dienone is 2. The highest BCUT2D eigenvalue weighted by atomic mass is 19.1. The molecule has 4 heteroatoms. The molecule has 0 bridgehead atoms. The van der Waals surface area contributed by atoms with E-state index in [4.69, 9.17) is 4.74 Å². The molecule has 3 aromatic carbocycles. The van der Waals surface area contributed by atoms with Crippen molar-refractivity contribution in [3.8, 4) is 11.5 Å². The Hall–Kier alpha value is -3.01. The molecular formula is C24H19F3O. The van der Waals surface area contributed by atoms with Crippen LogP contribution in [0.3, 0.4) is 0 Å². The first-order valence-electron chi connectivity index (χ1n) is 9.19. The van der Waals surface area contributed by atoms with Crippen LogP contribution in [0.2, 0.25) is 0 Å². The van der Waals surface area contributed by atoms with Crippen molar-refractivity contribution < 1.29 is 17.9 Å². The van der Waals surface area contributed by atoms with Crippen LogP contribution in [0.15, 0.2) is 84.7 Å². The van der Waals surface area contributed by atoms with E-state index in [1.807, 2.05) is 48.5 Å². The summed E-state index contributed by atoms with van der Waals surface area (Å²) in [6, 6.07) is 20.1. The van der Waals surface area contributed by atoms with Crippen LogP contribution in [-0.4, -0.2) is 0 Å². The highest BCUT2D eigenvalue weighted by molar-refractivity contribution is 5.40. The molecule has 0 N–H and O–H groups in total. The van der Waals surface area contributed by atoms with Crippen molar-refractivity contribution in [2.24, 2.45) is 0 Å². The summed E-state index contributed by atoms with van der Waals surface area (Å²) in [7, 11) is 0. The molecule has 0 aliphatic heterocycles. The van der Waals surface area contributed by atoms with E-state index in [-0.39, 0.29) is 12.2 Å². The van der Waals surface area contributed by atoms with E-state index in [0.29, 0.717) is 29.9 Å². The lowest BCUT2D eigenvalue weighted by molar-refractivity contribution is 0.482. The molecule has 4 rings (SSSR count). The molecule has 0 spiro atoms. The van der Waals surface area contributed by atoms with Gasteiger partial charge in [0.15, 0.2) is 0 Å². The number of halogens is 3. The minimum Gasteiger partial charge on any atom is -0.457 e. The number of ether oxygens (including phenoxy) is 1. The van der Waals surface area contributed by atoms with Gasteiger partial charge in [-0.2, -0.15) is 0 Å². The molecule has 142 valence electrons. The molecule has 1 aliphatic rings. The zero-order valence-corrected chi connectivity index (χ0v) is 15.2. The molecule has 1 nitrogen and oxygen atoms in total. The number of benzene rings is 3. The van der Waals surface area contributed by atoms with E-state index < -0.39 is 17.0 Å². The highest BCUT2D eigenvalue weighted by Gasteiger charge is 2.44. The third kappa shape index (κ3) is 4.11. The van der Waals surface area contributed by atoms with E-state index in [2.05, 4.69) is 0 Å². The maximum atomic E-state index is 14.7. The Morgan fingerprint density at radius 2 is 1.64 bits per heavy atom. The number of rotatable bonds is 6. The van der Waals surface area contributed by atoms with Crippen molar-refractivity contribution in [1.82, 2.24) is 0 Å². The van der Waals surface area contributed by atoms with E-state index >= 15 is 0 Å². The first kappa shape index (κ1) is 18.4. The molecule has 1 fully saturated rings. The second-order valence-electron chi connectivity index (χ2n) is 7.11. The molecule has 1 saturated carbocycles. The predicted octanol–water partition coefficient (Wildman–Crippen LogP) is 6.88. The summed E-state index contributed by atoms with van der Waals surface area (Å²) in [6.07, 6.45) is 2.88. The summed E-state index contributed by atoms with van der Waals surface area (Å²) in [5, 5.41) is 0. The third-order valence-corrected chi connectivity index (χ3v) is 4.94. The Balaban J connectivity index is 1.50. The fraction of sp³-hybridized carbons (Fsp3) is 0.167. The van der Waals surface area contributed by atoms with E-state index in [9.17, 15) is 13.2 Å². The number of hydrogen-bond acceptors (Lipinski definition) is 1. The Kier molecular flexibility index (Phi) is 4.95. The average Bonchev–Trinajstić information content (AvgIpc) is 3.42. The summed E-state index contributed by atoms with van der Waals surface area (Å²) in [4.78, 5) is 0. The molecule has 0 amide bonds. The van der Waals surface area contributed by atoms with Gasteiger partial charge in [-0.15, -0.1) is 0 Å². The maximum absolute atomic E-state index is 14.7. The van der Waals surface area contributed by atoms with Crippen LogP contribution >= 0.6 is 0 Å². The Morgan fingerprint density at radius 1 is 0.893 bits per heavy atom. The second kappa shape index (κ2) is 7.55. The van der Waals surface area contributed by atoms with Crippen molar-refractivity contribution in [2.75, 3.05) is 0 Å². The Morgan fingerprint density at radius 3 is 2.36 bits per heavy atom. The standard InChI is InChI=1S/C24H19F3O/c25-18-9-10-22(23(27)15-18)24(11-12-24)16-19(26)13-17-5-4-8-21(14-17)28-20-6-2-1-3-7-20/h1-10,14-16H,11-13H2/b19-16+. The van der Waals surface area contributed by atoms with Gasteiger partial charge in [0.05, 0.1) is 0 Å². The molecule has 0 unspecified atom stereocenters. The van der Waals surface area contributed by atoms with Gasteiger partial charge in [0, 0.05) is 17.9 Å². The maximum Gasteiger partial charge on any atom is 0.130 e. The third-order valence-electron chi connectivity index (χ3n) is 4.94. The van der Waals surface area contributed by atoms with Crippen LogP contribution in [0, 0.1) is 11.6 Å². The Labute approximate surface area is 162 Å². The molecule has 0 atom stereocenters. The SMILES string of the molecule is F/C(=C/C1(c2ccc(F)cc2F)CC1)Cc1cccc(Oc2ccccc2)c1. The summed E-state index contributed by atoms with van der Waals surface area (Å²) < 4.78 is 47.8. The first-order chi connectivity index (χ1) is 13.5. The predicted molar refractivity (Wildman–Crippen MR) is 103 cm³/mol. The molecule has 1 aliphatic carbocycles. The van der Waals surface area contributed by atoms with Crippen LogP contribution in [-0.2, 0) is 11.8 Å². The van der Waals surface area contributed by atoms with Gasteiger partial charge < -0.3 is 4.74 Å². The zero-order valence-electron chi connectivity index (χ0n) is 15.2. The molecule has 0 heterocycles. The average molecular weight is 380 g/mol. The Bertz CT molecular complexity index is 1010. The molecule has 0 aromatic heterocycles. The lowest BCUT2D eigenvalue weighted by Gasteiger charge is -2.13. The molecular weight excluding hydrogens is 361 g/mol. The van der Waals surface area contributed by atoms with E-state index in [0.717, 1.165) is 11.6 Å². The van der Waals surface area contributed by atoms with Gasteiger partial charge in [-0.1, -0.05) is 36.4 Å². The lowest BCUT2D eigenvalue weighted by Crippen LogP contribution is -2.07. The summed E-state index contributed by atoms with van der Waals surface area (Å²) in [5.74, 6) is -0.253. The summed E-state index contributed by atoms with van der Waals surface area (Å²) >= 11 is 0. The van der Waals surface area contributed by atoms with Gasteiger partial charge in [-0.05, 0) is 60.4 Å². The van der Waals surface area contributed by atoms with Crippen LogP contribution in [0.4, 0.5) is 13.2 Å². The van der Waals surface area contributed by atoms with E-state index in [1.54, 1.807) is 6.07 Å². The van der Waals surface area contributed by atoms with Crippen molar-refractivity contribution in [3.63, 3.8) is 0 Å². The monoisotopic (exact) mass is 380 g/mol. The normalized spacial score (nSPS) is 15.3. The van der Waals surface area contributed by atoms with Crippen molar-refractivity contribution in [3.05, 3.63) is 107 Å². The zero-order chi connectivity index (χ0) is 19.6. The fourth-order valence-electron chi connectivity index (χ4n) is 3.41. The number of para-hydroxylation sites is 1. The quantitative estimate of drug-likeness (QED) is 0.453. The first-order valence-corrected chi connectivity index (χ1v) is 9.19. The lowest BCUT2D eigenvalue weighted by atomic mass is 9.93. The molecule has 28 heavy (non-hydrogen) atoms. The van der Waals surface area contributed by atoms with Crippen LogP contribution < -0.4 is 4.74 Å². The van der Waals surface area contributed by atoms with Crippen molar-refractivity contribution in [2.45, 2.75) is 24.7 Å². The van der Waals surface area contributed by atoms with Crippen LogP contribution in [0.5, 0.6) is 11.5 Å². The summed E-state index contributed by atoms with van der Waals surface area (Å²) in [6.45, 7) is 0. The minimum absolute atomic E-state index is 0.0938. The van der Waals surface area contributed by atoms with Crippen molar-refractivity contribution in [1.29, 1.82) is 0 Å². The molecule has 3 aromatic rings. The van der Waals surface area contributed by atoms with Crippen LogP contribution in [0.25, 0.3) is 0 Å². The fourth-order valence-corrected chi connectivity index (χ4v) is 3.41. The smallest absolute Gasteiger partial charge is 0.130 e. The largest absolute Gasteiger partial charge is 0.457 e. The number of hydrogen-bond donors (Lipinski definition) is 0. The topological polar surface area (TPSA) is 9.23 Å². The van der Waals surface area contributed by atoms with Gasteiger partial charge in [0.2, 0.25) is 0 Å². The van der Waals surface area contributed by atoms with Gasteiger partial charge >= 0.3 is 0 Å². The van der Waals surface area contributed by atoms with Crippen molar-refractivity contribution >= 4 is 0 Å². The molecule has 0 radical (unpaired) electrons. The van der Waals surface area contributed by atoms with E-state index in [1.165, 1.54) is 18.2 Å². The van der Waals surface area contributed by atoms with Gasteiger partial charge in [0.25, 0.3) is 0 Å². The van der Waals surface area contributed by atoms with Gasteiger partial charge in [0.1, 0.15) is 29.0 Å². The molecule has 0 saturated heterocycles. The second-order valence-corrected chi connectivity index (χ2v) is 7.11.